The zero-order valence-electron chi connectivity index (χ0n) is 31.3. The fourth-order valence-corrected chi connectivity index (χ4v) is 9.77. The van der Waals surface area contributed by atoms with Crippen LogP contribution in [0, 0.1) is 11.8 Å². The lowest BCUT2D eigenvalue weighted by molar-refractivity contribution is -0.141. The first-order chi connectivity index (χ1) is 26.0. The smallest absolute Gasteiger partial charge is 0.407 e. The van der Waals surface area contributed by atoms with Crippen LogP contribution in [-0.4, -0.2) is 91.4 Å². The molecule has 0 radical (unpaired) electrons. The number of aromatic nitrogens is 1. The van der Waals surface area contributed by atoms with E-state index in [1.807, 2.05) is 25.1 Å². The number of carbonyl (C=O) groups is 4. The molecule has 294 valence electrons. The highest BCUT2D eigenvalue weighted by Gasteiger charge is 2.62. The van der Waals surface area contributed by atoms with Gasteiger partial charge in [-0.15, -0.1) is 0 Å². The number of carbonyl (C=O) groups excluding carboxylic acids is 4. The van der Waals surface area contributed by atoms with E-state index in [1.165, 1.54) is 4.90 Å². The second kappa shape index (κ2) is 15.9. The highest BCUT2D eigenvalue weighted by atomic mass is 32.2. The van der Waals surface area contributed by atoms with E-state index in [4.69, 9.17) is 14.2 Å². The quantitative estimate of drug-likeness (QED) is 0.406. The molecule has 3 aliphatic heterocycles. The molecule has 5 aliphatic rings. The number of methoxy groups -OCH3 is 1. The Hall–Kier alpha value is -4.14. The molecule has 2 aliphatic carbocycles. The van der Waals surface area contributed by atoms with Gasteiger partial charge in [0, 0.05) is 18.0 Å². The van der Waals surface area contributed by atoms with E-state index in [0.29, 0.717) is 44.4 Å². The summed E-state index contributed by atoms with van der Waals surface area (Å²) in [7, 11) is -2.21. The second-order valence-electron chi connectivity index (χ2n) is 16.0. The Morgan fingerprint density at radius 3 is 2.56 bits per heavy atom. The summed E-state index contributed by atoms with van der Waals surface area (Å²) < 4.78 is 45.9. The van der Waals surface area contributed by atoms with E-state index in [1.54, 1.807) is 13.3 Å². The van der Waals surface area contributed by atoms with E-state index >= 15 is 0 Å². The van der Waals surface area contributed by atoms with Gasteiger partial charge in [-0.2, -0.15) is 0 Å². The minimum Gasteiger partial charge on any atom is -0.496 e. The van der Waals surface area contributed by atoms with Gasteiger partial charge >= 0.3 is 6.09 Å². The van der Waals surface area contributed by atoms with Crippen LogP contribution in [0.3, 0.4) is 0 Å². The van der Waals surface area contributed by atoms with Crippen molar-refractivity contribution in [2.45, 2.75) is 132 Å². The molecule has 4 fully saturated rings. The van der Waals surface area contributed by atoms with Gasteiger partial charge in [0.25, 0.3) is 5.91 Å². The molecular weight excluding hydrogens is 715 g/mol. The van der Waals surface area contributed by atoms with Gasteiger partial charge in [0.05, 0.1) is 25.5 Å². The molecule has 6 atom stereocenters. The topological polar surface area (TPSA) is 182 Å². The van der Waals surface area contributed by atoms with E-state index in [9.17, 15) is 27.6 Å². The van der Waals surface area contributed by atoms with Gasteiger partial charge in [-0.05, 0) is 92.4 Å². The summed E-state index contributed by atoms with van der Waals surface area (Å²) in [6.07, 6.45) is 10.3. The van der Waals surface area contributed by atoms with Crippen molar-refractivity contribution in [2.75, 3.05) is 20.3 Å². The molecule has 14 nitrogen and oxygen atoms in total. The van der Waals surface area contributed by atoms with Gasteiger partial charge in [-0.25, -0.2) is 18.2 Å². The third kappa shape index (κ3) is 8.40. The van der Waals surface area contributed by atoms with Gasteiger partial charge in [-0.3, -0.25) is 19.1 Å². The number of ether oxygens (including phenoxy) is 3. The Morgan fingerprint density at radius 2 is 1.78 bits per heavy atom. The number of nitrogens with one attached hydrogen (secondary N) is 3. The standard InChI is InChI=1S/C39H53N5O9S/c1-24-10-8-9-11-26-18-30-25(19-33(26)51-2)16-17-40-35(30)53-28-20-32-34(45)42-39(37(47)43-54(49,50)29-14-15-29)21-27(39)12-6-4-3-5-7-13-31(36(46)44(32)22-28)41-38(48)52-23-24/h16-19,24,27-29,31-32H,3-15,20-23H2,1-2H3,(H,41,48)(H,42,45)(H,43,47)/t24-,27-,28-,31+,32+,39-/m1/s1. The molecular formula is C39H53N5O9S. The predicted molar refractivity (Wildman–Crippen MR) is 199 cm³/mol. The van der Waals surface area contributed by atoms with Crippen molar-refractivity contribution < 1.29 is 41.8 Å². The van der Waals surface area contributed by atoms with Crippen molar-refractivity contribution in [3.63, 3.8) is 0 Å². The number of benzene rings is 1. The van der Waals surface area contributed by atoms with Crippen LogP contribution >= 0.6 is 0 Å². The van der Waals surface area contributed by atoms with Gasteiger partial charge < -0.3 is 29.7 Å². The summed E-state index contributed by atoms with van der Waals surface area (Å²) in [6.45, 7) is 2.26. The minimum absolute atomic E-state index is 0.0287. The number of pyridine rings is 1. The maximum atomic E-state index is 14.5. The number of rotatable bonds is 4. The third-order valence-electron chi connectivity index (χ3n) is 11.8. The lowest BCUT2D eigenvalue weighted by Crippen LogP contribution is -2.58. The van der Waals surface area contributed by atoms with Crippen molar-refractivity contribution in [3.05, 3.63) is 30.0 Å². The summed E-state index contributed by atoms with van der Waals surface area (Å²) in [5.41, 5.74) is -0.394. The molecule has 15 heteroatoms. The summed E-state index contributed by atoms with van der Waals surface area (Å²) in [5, 5.41) is 6.82. The Bertz CT molecular complexity index is 1870. The number of hydrogen-bond donors (Lipinski definition) is 3. The highest BCUT2D eigenvalue weighted by molar-refractivity contribution is 7.91. The van der Waals surface area contributed by atoms with Crippen LogP contribution in [0.1, 0.15) is 102 Å². The zero-order valence-corrected chi connectivity index (χ0v) is 32.1. The highest BCUT2D eigenvalue weighted by Crippen LogP contribution is 2.48. The van der Waals surface area contributed by atoms with Crippen molar-refractivity contribution in [1.29, 1.82) is 0 Å². The Kier molecular flexibility index (Phi) is 11.2. The van der Waals surface area contributed by atoms with E-state index in [0.717, 1.165) is 73.5 Å². The first-order valence-electron chi connectivity index (χ1n) is 19.7. The van der Waals surface area contributed by atoms with Gasteiger partial charge in [0.15, 0.2) is 0 Å². The first kappa shape index (κ1) is 38.1. The number of aryl methyl sites for hydroxylation is 1. The minimum atomic E-state index is -3.86. The molecule has 4 amide bonds. The monoisotopic (exact) mass is 767 g/mol. The summed E-state index contributed by atoms with van der Waals surface area (Å²) in [6, 6.07) is 3.88. The van der Waals surface area contributed by atoms with Crippen LogP contribution in [-0.2, 0) is 35.6 Å². The zero-order chi connectivity index (χ0) is 38.0. The fraction of sp³-hybridized carbons (Fsp3) is 0.667. The number of cyclic esters (lactones) is 1. The lowest BCUT2D eigenvalue weighted by atomic mass is 9.99. The number of alkyl carbamates (subject to hydrolysis) is 1. The third-order valence-corrected chi connectivity index (χ3v) is 13.7. The van der Waals surface area contributed by atoms with Crippen LogP contribution in [0.4, 0.5) is 4.79 Å². The van der Waals surface area contributed by atoms with Crippen LogP contribution in [0.2, 0.25) is 0 Å². The van der Waals surface area contributed by atoms with Gasteiger partial charge in [0.2, 0.25) is 27.7 Å². The van der Waals surface area contributed by atoms with E-state index in [-0.39, 0.29) is 31.4 Å². The molecule has 1 aromatic heterocycles. The Labute approximate surface area is 316 Å². The number of fused-ring (bicyclic) bond motifs is 4. The van der Waals surface area contributed by atoms with Crippen LogP contribution < -0.4 is 24.8 Å². The molecule has 3 N–H and O–H groups in total. The number of nitrogens with zero attached hydrogens (tertiary/aromatic N) is 2. The second-order valence-corrected chi connectivity index (χ2v) is 18.0. The fourth-order valence-electron chi connectivity index (χ4n) is 8.40. The molecule has 2 saturated carbocycles. The first-order valence-corrected chi connectivity index (χ1v) is 21.3. The molecule has 1 aromatic carbocycles. The normalized spacial score (nSPS) is 30.2. The largest absolute Gasteiger partial charge is 0.496 e. The van der Waals surface area contributed by atoms with Crippen LogP contribution in [0.5, 0.6) is 11.6 Å². The average Bonchev–Trinajstić information content (AvgIpc) is 4.07. The van der Waals surface area contributed by atoms with Crippen molar-refractivity contribution in [1.82, 2.24) is 25.2 Å². The van der Waals surface area contributed by atoms with Crippen molar-refractivity contribution in [3.8, 4) is 11.6 Å². The number of sulfonamides is 1. The van der Waals surface area contributed by atoms with Gasteiger partial charge in [-0.1, -0.05) is 45.4 Å². The molecule has 2 aromatic rings. The van der Waals surface area contributed by atoms with E-state index in [2.05, 4.69) is 20.3 Å². The SMILES string of the molecule is COc1cc2ccnc3c2cc1CCCC[C@@H](C)COC(=O)N[C@H]1CCCCCCC[C@@H]2C[C@@]2(C(=O)NS(=O)(=O)C2CC2)NC(=O)[C@@H]2C[C@H](CN2C1=O)O3. The number of amides is 4. The summed E-state index contributed by atoms with van der Waals surface area (Å²) in [4.78, 5) is 61.9. The average molecular weight is 768 g/mol. The maximum Gasteiger partial charge on any atom is 0.407 e. The Balaban J connectivity index is 1.22. The maximum absolute atomic E-state index is 14.5. The van der Waals surface area contributed by atoms with Gasteiger partial charge in [0.1, 0.15) is 29.5 Å². The van der Waals surface area contributed by atoms with Crippen LogP contribution in [0.15, 0.2) is 24.4 Å². The molecule has 7 rings (SSSR count). The molecule has 5 bridgehead atoms. The number of hydrogen-bond acceptors (Lipinski definition) is 10. The van der Waals surface area contributed by atoms with E-state index < -0.39 is 62.8 Å². The summed E-state index contributed by atoms with van der Waals surface area (Å²) in [5.74, 6) is -0.739. The predicted octanol–water partition coefficient (Wildman–Crippen LogP) is 4.28. The summed E-state index contributed by atoms with van der Waals surface area (Å²) >= 11 is 0. The van der Waals surface area contributed by atoms with Crippen molar-refractivity contribution >= 4 is 44.6 Å². The molecule has 0 spiro atoms. The molecule has 54 heavy (non-hydrogen) atoms. The van der Waals surface area contributed by atoms with Crippen molar-refractivity contribution in [2.24, 2.45) is 11.8 Å². The Morgan fingerprint density at radius 1 is 1.02 bits per heavy atom. The molecule has 4 heterocycles. The molecule has 0 unspecified atom stereocenters. The lowest BCUT2D eigenvalue weighted by Gasteiger charge is -2.30. The van der Waals surface area contributed by atoms with Crippen LogP contribution in [0.25, 0.3) is 10.8 Å². The molecule has 2 saturated heterocycles.